The minimum absolute atomic E-state index is 0.0554. The molecule has 0 bridgehead atoms. The van der Waals surface area contributed by atoms with Crippen molar-refractivity contribution in [3.63, 3.8) is 0 Å². The van der Waals surface area contributed by atoms with Crippen molar-refractivity contribution in [3.05, 3.63) is 23.8 Å². The summed E-state index contributed by atoms with van der Waals surface area (Å²) in [5.41, 5.74) is -4.17. The van der Waals surface area contributed by atoms with E-state index in [1.807, 2.05) is 13.8 Å². The average Bonchev–Trinajstić information content (AvgIpc) is 2.90. The Hall–Kier alpha value is -1.08. The predicted octanol–water partition coefficient (Wildman–Crippen LogP) is 4.35. The molecule has 0 aromatic heterocycles. The number of aliphatic hydroxyl groups is 1. The molecule has 0 amide bonds. The van der Waals surface area contributed by atoms with E-state index in [9.17, 15) is 19.1 Å². The first kappa shape index (κ1) is 21.2. The van der Waals surface area contributed by atoms with Crippen LogP contribution in [0.25, 0.3) is 0 Å². The molecule has 9 atom stereocenters. The van der Waals surface area contributed by atoms with E-state index in [0.29, 0.717) is 18.2 Å². The number of alkyl halides is 3. The van der Waals surface area contributed by atoms with Crippen molar-refractivity contribution in [3.8, 4) is 0 Å². The molecule has 0 heterocycles. The van der Waals surface area contributed by atoms with Gasteiger partial charge in [-0.2, -0.15) is 0 Å². The van der Waals surface area contributed by atoms with Crippen LogP contribution in [0.4, 0.5) is 13.2 Å². The summed E-state index contributed by atoms with van der Waals surface area (Å²) in [6, 6.07) is -0.820. The van der Waals surface area contributed by atoms with Crippen LogP contribution in [-0.2, 0) is 9.59 Å². The molecule has 3 nitrogen and oxygen atoms in total. The van der Waals surface area contributed by atoms with Crippen LogP contribution in [0.5, 0.6) is 0 Å². The van der Waals surface area contributed by atoms with Gasteiger partial charge in [0, 0.05) is 17.3 Å². The number of rotatable bonds is 2. The Bertz CT molecular complexity index is 813. The Balaban J connectivity index is 1.80. The summed E-state index contributed by atoms with van der Waals surface area (Å²) in [5.74, 6) is -2.07. The zero-order chi connectivity index (χ0) is 21.4. The molecule has 0 aromatic carbocycles. The molecule has 0 saturated heterocycles. The Labute approximate surface area is 173 Å². The fourth-order valence-corrected chi connectivity index (χ4v) is 8.01. The maximum atomic E-state index is 16.9. The van der Waals surface area contributed by atoms with Gasteiger partial charge in [0.25, 0.3) is 0 Å². The SMILES string of the molecule is C[C@@H]1C[C@H]2C3C[C@H](F)C4=CC(=O)C=C[C@]4(C)[C@@]3(F)[C@@H](O)C[C@]2(C)[C@H]1C(=O)SCF. The lowest BCUT2D eigenvalue weighted by Crippen LogP contribution is -2.68. The molecule has 160 valence electrons. The Morgan fingerprint density at radius 1 is 1.31 bits per heavy atom. The van der Waals surface area contributed by atoms with Crippen molar-refractivity contribution < 1.29 is 27.9 Å². The van der Waals surface area contributed by atoms with Crippen molar-refractivity contribution in [1.29, 1.82) is 0 Å². The quantitative estimate of drug-likeness (QED) is 0.710. The minimum Gasteiger partial charge on any atom is -0.390 e. The highest BCUT2D eigenvalue weighted by molar-refractivity contribution is 8.13. The summed E-state index contributed by atoms with van der Waals surface area (Å²) in [4.78, 5) is 24.5. The van der Waals surface area contributed by atoms with E-state index >= 15 is 8.78 Å². The number of fused-ring (bicyclic) bond motifs is 5. The number of thioether (sulfide) groups is 1. The van der Waals surface area contributed by atoms with E-state index < -0.39 is 46.6 Å². The van der Waals surface area contributed by atoms with Crippen molar-refractivity contribution in [2.45, 2.75) is 58.0 Å². The van der Waals surface area contributed by atoms with Gasteiger partial charge in [-0.1, -0.05) is 31.7 Å². The highest BCUT2D eigenvalue weighted by atomic mass is 32.2. The van der Waals surface area contributed by atoms with Crippen LogP contribution < -0.4 is 0 Å². The number of carbonyl (C=O) groups excluding carboxylic acids is 2. The lowest BCUT2D eigenvalue weighted by Gasteiger charge is -2.62. The molecule has 7 heteroatoms. The first-order chi connectivity index (χ1) is 13.5. The zero-order valence-corrected chi connectivity index (χ0v) is 17.6. The van der Waals surface area contributed by atoms with Crippen LogP contribution in [0.15, 0.2) is 23.8 Å². The van der Waals surface area contributed by atoms with E-state index in [2.05, 4.69) is 0 Å². The molecule has 3 saturated carbocycles. The minimum atomic E-state index is -2.13. The molecule has 1 unspecified atom stereocenters. The van der Waals surface area contributed by atoms with Gasteiger partial charge in [0.1, 0.15) is 12.2 Å². The highest BCUT2D eigenvalue weighted by Gasteiger charge is 2.73. The highest BCUT2D eigenvalue weighted by Crippen LogP contribution is 2.70. The maximum Gasteiger partial charge on any atom is 0.195 e. The summed E-state index contributed by atoms with van der Waals surface area (Å²) in [6.45, 7) is 5.33. The van der Waals surface area contributed by atoms with Gasteiger partial charge in [0.05, 0.1) is 6.10 Å². The average molecular weight is 429 g/mol. The Morgan fingerprint density at radius 2 is 2.00 bits per heavy atom. The molecule has 4 aliphatic carbocycles. The first-order valence-corrected chi connectivity index (χ1v) is 11.2. The molecular formula is C22H27F3O3S. The van der Waals surface area contributed by atoms with Gasteiger partial charge in [-0.15, -0.1) is 0 Å². The van der Waals surface area contributed by atoms with Crippen LogP contribution in [-0.4, -0.2) is 40.0 Å². The topological polar surface area (TPSA) is 54.4 Å². The number of aliphatic hydroxyl groups excluding tert-OH is 1. The lowest BCUT2D eigenvalue weighted by atomic mass is 9.45. The second-order valence-corrected chi connectivity index (χ2v) is 10.6. The lowest BCUT2D eigenvalue weighted by molar-refractivity contribution is -0.201. The van der Waals surface area contributed by atoms with Crippen molar-refractivity contribution in [1.82, 2.24) is 0 Å². The molecular weight excluding hydrogens is 401 g/mol. The molecule has 0 aliphatic heterocycles. The van der Waals surface area contributed by atoms with Crippen LogP contribution in [0.3, 0.4) is 0 Å². The summed E-state index contributed by atoms with van der Waals surface area (Å²) in [5, 5.41) is 10.8. The van der Waals surface area contributed by atoms with E-state index in [-0.39, 0.29) is 41.1 Å². The van der Waals surface area contributed by atoms with E-state index in [1.54, 1.807) is 6.92 Å². The van der Waals surface area contributed by atoms with Gasteiger partial charge < -0.3 is 5.11 Å². The van der Waals surface area contributed by atoms with Gasteiger partial charge in [-0.05, 0) is 61.2 Å². The molecule has 0 aromatic rings. The summed E-state index contributed by atoms with van der Waals surface area (Å²) >= 11 is 0.622. The van der Waals surface area contributed by atoms with E-state index in [4.69, 9.17) is 0 Å². The fraction of sp³-hybridized carbons (Fsp3) is 0.727. The molecule has 3 fully saturated rings. The van der Waals surface area contributed by atoms with Crippen molar-refractivity contribution in [2.24, 2.45) is 34.5 Å². The smallest absolute Gasteiger partial charge is 0.195 e. The second kappa shape index (κ2) is 6.71. The second-order valence-electron chi connectivity index (χ2n) is 9.71. The van der Waals surface area contributed by atoms with Crippen LogP contribution in [0.1, 0.15) is 40.0 Å². The predicted molar refractivity (Wildman–Crippen MR) is 105 cm³/mol. The van der Waals surface area contributed by atoms with Crippen LogP contribution in [0, 0.1) is 34.5 Å². The first-order valence-electron chi connectivity index (χ1n) is 10.2. The van der Waals surface area contributed by atoms with Gasteiger partial charge in [-0.25, -0.2) is 13.2 Å². The Morgan fingerprint density at radius 3 is 2.66 bits per heavy atom. The fourth-order valence-electron chi connectivity index (χ4n) is 7.22. The largest absolute Gasteiger partial charge is 0.390 e. The van der Waals surface area contributed by atoms with Crippen molar-refractivity contribution in [2.75, 3.05) is 6.01 Å². The normalized spacial score (nSPS) is 51.1. The molecule has 1 N–H and O–H groups in total. The molecule has 0 spiro atoms. The number of allylic oxidation sites excluding steroid dienone is 4. The van der Waals surface area contributed by atoms with Gasteiger partial charge >= 0.3 is 0 Å². The van der Waals surface area contributed by atoms with Crippen LogP contribution in [0.2, 0.25) is 0 Å². The standard InChI is InChI=1S/C22H27F3O3S/c1-11-6-13-14-8-16(24)15-7-12(26)4-5-21(15,3)22(14,25)17(27)9-20(13,2)18(11)19(28)29-10-23/h4-5,7,11,13-14,16-18,27H,6,8-10H2,1-3H3/t11-,13+,14?,16+,17+,18-,20+,21+,22+/m1/s1. The number of carbonyl (C=O) groups is 2. The van der Waals surface area contributed by atoms with Gasteiger partial charge in [0.2, 0.25) is 0 Å². The maximum absolute atomic E-state index is 16.9. The third-order valence-electron chi connectivity index (χ3n) is 8.42. The number of hydrogen-bond acceptors (Lipinski definition) is 4. The Kier molecular flexibility index (Phi) is 4.90. The molecule has 4 aliphatic rings. The molecule has 4 rings (SSSR count). The van der Waals surface area contributed by atoms with Gasteiger partial charge in [0.15, 0.2) is 16.6 Å². The van der Waals surface area contributed by atoms with Crippen LogP contribution >= 0.6 is 11.8 Å². The number of halogens is 3. The van der Waals surface area contributed by atoms with E-state index in [0.717, 1.165) is 0 Å². The number of hydrogen-bond donors (Lipinski definition) is 1. The third kappa shape index (κ3) is 2.62. The zero-order valence-electron chi connectivity index (χ0n) is 16.8. The summed E-state index contributed by atoms with van der Waals surface area (Å²) < 4.78 is 45.0. The number of ketones is 1. The van der Waals surface area contributed by atoms with Gasteiger partial charge in [-0.3, -0.25) is 9.59 Å². The van der Waals surface area contributed by atoms with E-state index in [1.165, 1.54) is 18.2 Å². The summed E-state index contributed by atoms with van der Waals surface area (Å²) in [6.07, 6.45) is 1.40. The molecule has 29 heavy (non-hydrogen) atoms. The third-order valence-corrected chi connectivity index (χ3v) is 9.07. The van der Waals surface area contributed by atoms with Crippen molar-refractivity contribution >= 4 is 22.7 Å². The monoisotopic (exact) mass is 428 g/mol. The molecule has 0 radical (unpaired) electrons. The summed E-state index contributed by atoms with van der Waals surface area (Å²) in [7, 11) is 0.